The van der Waals surface area contributed by atoms with Crippen molar-refractivity contribution in [1.29, 1.82) is 0 Å². The number of allylic oxidation sites excluding steroid dienone is 1. The van der Waals surface area contributed by atoms with Gasteiger partial charge in [0.05, 0.1) is 13.2 Å². The fourth-order valence-electron chi connectivity index (χ4n) is 1.52. The normalized spacial score (nSPS) is 19.0. The van der Waals surface area contributed by atoms with Gasteiger partial charge in [-0.2, -0.15) is 0 Å². The first-order valence-corrected chi connectivity index (χ1v) is 8.69. The Hall–Kier alpha value is 0.360. The summed E-state index contributed by atoms with van der Waals surface area (Å²) in [7, 11) is 3.81. The molecule has 100 valence electrons. The molecule has 17 heavy (non-hydrogen) atoms. The highest BCUT2D eigenvalue weighted by Crippen LogP contribution is 2.25. The van der Waals surface area contributed by atoms with Crippen molar-refractivity contribution < 1.29 is 4.74 Å². The van der Waals surface area contributed by atoms with Crippen molar-refractivity contribution in [3.63, 3.8) is 0 Å². The molecule has 1 rings (SSSR count). The van der Waals surface area contributed by atoms with Gasteiger partial charge in [-0.3, -0.25) is 4.90 Å². The molecule has 1 aliphatic heterocycles. The van der Waals surface area contributed by atoms with Gasteiger partial charge in [0.1, 0.15) is 0 Å². The summed E-state index contributed by atoms with van der Waals surface area (Å²) in [5.74, 6) is 1.20. The van der Waals surface area contributed by atoms with E-state index in [2.05, 4.69) is 37.2 Å². The van der Waals surface area contributed by atoms with E-state index in [0.29, 0.717) is 5.41 Å². The summed E-state index contributed by atoms with van der Waals surface area (Å²) in [5.41, 5.74) is 0.412. The van der Waals surface area contributed by atoms with Gasteiger partial charge in [0.2, 0.25) is 0 Å². The van der Waals surface area contributed by atoms with Crippen LogP contribution in [-0.2, 0) is 4.74 Å². The van der Waals surface area contributed by atoms with Gasteiger partial charge in [0.15, 0.2) is 0 Å². The van der Waals surface area contributed by atoms with Crippen LogP contribution in [0.2, 0.25) is 0 Å². The molecule has 1 aliphatic rings. The minimum Gasteiger partial charge on any atom is -0.379 e. The summed E-state index contributed by atoms with van der Waals surface area (Å²) < 4.78 is 5.33. The molecule has 0 amide bonds. The second-order valence-corrected chi connectivity index (χ2v) is 7.90. The molecule has 0 aromatic heterocycles. The lowest BCUT2D eigenvalue weighted by Gasteiger charge is -2.26. The van der Waals surface area contributed by atoms with E-state index in [0.717, 1.165) is 32.7 Å². The summed E-state index contributed by atoms with van der Waals surface area (Å²) in [4.78, 5) is 2.48. The Morgan fingerprint density at radius 2 is 1.94 bits per heavy atom. The van der Waals surface area contributed by atoms with Gasteiger partial charge in [0, 0.05) is 25.4 Å². The Balaban J connectivity index is 1.93. The Morgan fingerprint density at radius 3 is 2.59 bits per heavy atom. The Morgan fingerprint density at radius 1 is 1.24 bits per heavy atom. The van der Waals surface area contributed by atoms with E-state index >= 15 is 0 Å². The highest BCUT2D eigenvalue weighted by Gasteiger charge is 2.09. The summed E-state index contributed by atoms with van der Waals surface area (Å²) in [5, 5.41) is 2.23. The zero-order chi connectivity index (χ0) is 12.6. The predicted octanol–water partition coefficient (Wildman–Crippen LogP) is 3.65. The lowest BCUT2D eigenvalue weighted by atomic mass is 9.93. The van der Waals surface area contributed by atoms with Crippen molar-refractivity contribution >= 4 is 21.6 Å². The van der Waals surface area contributed by atoms with Crippen molar-refractivity contribution in [2.45, 2.75) is 27.2 Å². The highest BCUT2D eigenvalue weighted by atomic mass is 33.1. The second kappa shape index (κ2) is 8.46. The number of hydrogen-bond acceptors (Lipinski definition) is 4. The van der Waals surface area contributed by atoms with E-state index in [-0.39, 0.29) is 0 Å². The van der Waals surface area contributed by atoms with Crippen LogP contribution in [0.3, 0.4) is 0 Å². The molecule has 0 aliphatic carbocycles. The molecule has 1 saturated heterocycles. The van der Waals surface area contributed by atoms with Crippen LogP contribution in [0, 0.1) is 5.41 Å². The predicted molar refractivity (Wildman–Crippen MR) is 80.5 cm³/mol. The van der Waals surface area contributed by atoms with E-state index in [4.69, 9.17) is 4.74 Å². The number of rotatable bonds is 6. The minimum absolute atomic E-state index is 0.412. The van der Waals surface area contributed by atoms with Crippen molar-refractivity contribution in [3.05, 3.63) is 11.5 Å². The van der Waals surface area contributed by atoms with E-state index in [1.165, 1.54) is 12.3 Å². The maximum absolute atomic E-state index is 5.33. The van der Waals surface area contributed by atoms with Gasteiger partial charge < -0.3 is 4.74 Å². The third-order valence-corrected chi connectivity index (χ3v) is 4.58. The average Bonchev–Trinajstić information content (AvgIpc) is 2.28. The van der Waals surface area contributed by atoms with Crippen LogP contribution in [0.5, 0.6) is 0 Å². The number of nitrogens with zero attached hydrogens (tertiary/aromatic N) is 1. The highest BCUT2D eigenvalue weighted by molar-refractivity contribution is 8.77. The molecule has 0 saturated carbocycles. The zero-order valence-corrected chi connectivity index (χ0v) is 12.9. The third-order valence-electron chi connectivity index (χ3n) is 2.54. The lowest BCUT2D eigenvalue weighted by Crippen LogP contribution is -2.37. The van der Waals surface area contributed by atoms with Gasteiger partial charge in [-0.1, -0.05) is 48.4 Å². The summed E-state index contributed by atoms with van der Waals surface area (Å²) in [6, 6.07) is 0. The van der Waals surface area contributed by atoms with Crippen LogP contribution < -0.4 is 0 Å². The molecule has 0 bridgehead atoms. The molecule has 1 heterocycles. The molecule has 0 spiro atoms. The molecule has 0 atom stereocenters. The molecule has 0 N–H and O–H groups in total. The Kier molecular flexibility index (Phi) is 7.67. The Labute approximate surface area is 114 Å². The van der Waals surface area contributed by atoms with Gasteiger partial charge in [0.25, 0.3) is 0 Å². The van der Waals surface area contributed by atoms with Gasteiger partial charge >= 0.3 is 0 Å². The van der Waals surface area contributed by atoms with Gasteiger partial charge in [-0.05, 0) is 17.2 Å². The molecule has 4 heteroatoms. The van der Waals surface area contributed by atoms with Crippen LogP contribution in [0.15, 0.2) is 11.5 Å². The van der Waals surface area contributed by atoms with Crippen LogP contribution in [0.1, 0.15) is 27.2 Å². The lowest BCUT2D eigenvalue weighted by molar-refractivity contribution is 0.0410. The molecule has 0 unspecified atom stereocenters. The largest absolute Gasteiger partial charge is 0.379 e. The smallest absolute Gasteiger partial charge is 0.0594 e. The zero-order valence-electron chi connectivity index (χ0n) is 11.3. The first kappa shape index (κ1) is 15.4. The van der Waals surface area contributed by atoms with E-state index in [1.807, 2.05) is 21.6 Å². The summed E-state index contributed by atoms with van der Waals surface area (Å²) >= 11 is 0. The van der Waals surface area contributed by atoms with Gasteiger partial charge in [-0.15, -0.1) is 0 Å². The SMILES string of the molecule is CC(C)(C)C/C=C\SSCCN1CCOCC1. The van der Waals surface area contributed by atoms with Gasteiger partial charge in [-0.25, -0.2) is 0 Å². The maximum Gasteiger partial charge on any atom is 0.0594 e. The van der Waals surface area contributed by atoms with Crippen LogP contribution in [0.25, 0.3) is 0 Å². The van der Waals surface area contributed by atoms with E-state index < -0.39 is 0 Å². The molecule has 0 aromatic carbocycles. The van der Waals surface area contributed by atoms with Crippen molar-refractivity contribution in [3.8, 4) is 0 Å². The molecule has 0 radical (unpaired) electrons. The third kappa shape index (κ3) is 9.00. The van der Waals surface area contributed by atoms with Crippen molar-refractivity contribution in [2.24, 2.45) is 5.41 Å². The fourth-order valence-corrected chi connectivity index (χ4v) is 3.19. The number of ether oxygens (including phenoxy) is 1. The molecule has 2 nitrogen and oxygen atoms in total. The topological polar surface area (TPSA) is 12.5 Å². The van der Waals surface area contributed by atoms with Crippen LogP contribution in [0.4, 0.5) is 0 Å². The molecule has 1 fully saturated rings. The minimum atomic E-state index is 0.412. The van der Waals surface area contributed by atoms with E-state index in [9.17, 15) is 0 Å². The molecular weight excluding hydrogens is 250 g/mol. The molecular formula is C13H25NOS2. The number of hydrogen-bond donors (Lipinski definition) is 0. The number of morpholine rings is 1. The quantitative estimate of drug-likeness (QED) is 0.541. The Bertz CT molecular complexity index is 220. The monoisotopic (exact) mass is 275 g/mol. The average molecular weight is 275 g/mol. The molecule has 0 aromatic rings. The summed E-state index contributed by atoms with van der Waals surface area (Å²) in [6.07, 6.45) is 3.44. The maximum atomic E-state index is 5.33. The van der Waals surface area contributed by atoms with E-state index in [1.54, 1.807) is 0 Å². The standard InChI is InChI=1S/C13H25NOS2/c1-13(2,3)5-4-11-16-17-12-8-14-6-9-15-10-7-14/h4,11H,5-10,12H2,1-3H3/b11-4-. The summed E-state index contributed by atoms with van der Waals surface area (Å²) in [6.45, 7) is 12.0. The van der Waals surface area contributed by atoms with Crippen LogP contribution >= 0.6 is 21.6 Å². The first-order valence-electron chi connectivity index (χ1n) is 6.31. The van der Waals surface area contributed by atoms with Crippen LogP contribution in [-0.4, -0.2) is 43.5 Å². The first-order chi connectivity index (χ1) is 8.08. The fraction of sp³-hybridized carbons (Fsp3) is 0.846. The van der Waals surface area contributed by atoms with Crippen molar-refractivity contribution in [2.75, 3.05) is 38.6 Å². The second-order valence-electron chi connectivity index (χ2n) is 5.51. The van der Waals surface area contributed by atoms with Crippen molar-refractivity contribution in [1.82, 2.24) is 4.90 Å².